The van der Waals surface area contributed by atoms with Gasteiger partial charge in [-0.3, -0.25) is 4.68 Å². The molecule has 2 rings (SSSR count). The molecule has 1 aliphatic rings. The molecule has 0 saturated carbocycles. The second kappa shape index (κ2) is 6.98. The highest BCUT2D eigenvalue weighted by Crippen LogP contribution is 2.21. The van der Waals surface area contributed by atoms with Crippen LogP contribution in [0.15, 0.2) is 12.4 Å². The maximum absolute atomic E-state index is 12.6. The summed E-state index contributed by atoms with van der Waals surface area (Å²) in [6.45, 7) is 5.67. The van der Waals surface area contributed by atoms with Gasteiger partial charge >= 0.3 is 16.3 Å². The predicted octanol–water partition coefficient (Wildman–Crippen LogP) is 1.17. The molecule has 0 bridgehead atoms. The molecule has 1 atom stereocenters. The first-order chi connectivity index (χ1) is 11.1. The van der Waals surface area contributed by atoms with Crippen molar-refractivity contribution in [1.29, 1.82) is 0 Å². The lowest BCUT2D eigenvalue weighted by molar-refractivity contribution is 0.0569. The Morgan fingerprint density at radius 1 is 1.54 bits per heavy atom. The van der Waals surface area contributed by atoms with Crippen molar-refractivity contribution in [3.05, 3.63) is 12.4 Å². The van der Waals surface area contributed by atoms with Crippen molar-refractivity contribution < 1.29 is 22.7 Å². The van der Waals surface area contributed by atoms with Crippen molar-refractivity contribution in [3.63, 3.8) is 0 Å². The fourth-order valence-electron chi connectivity index (χ4n) is 2.31. The van der Waals surface area contributed by atoms with Crippen molar-refractivity contribution in [2.24, 2.45) is 7.05 Å². The zero-order valence-corrected chi connectivity index (χ0v) is 15.2. The molecule has 1 N–H and O–H groups in total. The van der Waals surface area contributed by atoms with Crippen molar-refractivity contribution in [3.8, 4) is 0 Å². The van der Waals surface area contributed by atoms with Gasteiger partial charge in [0.15, 0.2) is 0 Å². The molecule has 9 nitrogen and oxygen atoms in total. The Bertz CT molecular complexity index is 674. The van der Waals surface area contributed by atoms with Gasteiger partial charge in [-0.15, -0.1) is 0 Å². The molecule has 1 amide bonds. The van der Waals surface area contributed by atoms with Crippen LogP contribution >= 0.6 is 0 Å². The monoisotopic (exact) mass is 360 g/mol. The number of amides is 1. The summed E-state index contributed by atoms with van der Waals surface area (Å²) >= 11 is 0. The van der Waals surface area contributed by atoms with Gasteiger partial charge in [0.25, 0.3) is 0 Å². The molecule has 0 unspecified atom stereocenters. The van der Waals surface area contributed by atoms with Gasteiger partial charge in [0.05, 0.1) is 24.5 Å². The summed E-state index contributed by atoms with van der Waals surface area (Å²) in [6.07, 6.45) is 3.38. The fourth-order valence-corrected chi connectivity index (χ4v) is 3.41. The Morgan fingerprint density at radius 3 is 2.75 bits per heavy atom. The predicted molar refractivity (Wildman–Crippen MR) is 87.8 cm³/mol. The van der Waals surface area contributed by atoms with E-state index in [9.17, 15) is 13.2 Å². The molecule has 0 aromatic carbocycles. The second-order valence-corrected chi connectivity index (χ2v) is 8.24. The SMILES string of the molecule is Cn1cc(N(C[C@@H]2CCCO2)S(=O)(=O)NC(=O)OC(C)(C)C)cn1. The second-order valence-electron chi connectivity index (χ2n) is 6.65. The number of hydrogen-bond acceptors (Lipinski definition) is 6. The third-order valence-corrected chi connectivity index (χ3v) is 4.64. The fraction of sp³-hybridized carbons (Fsp3) is 0.714. The largest absolute Gasteiger partial charge is 0.443 e. The first kappa shape index (κ1) is 18.5. The lowest BCUT2D eigenvalue weighted by Crippen LogP contribution is -2.47. The number of aromatic nitrogens is 2. The Balaban J connectivity index is 2.19. The Labute approximate surface area is 142 Å². The highest BCUT2D eigenvalue weighted by atomic mass is 32.2. The van der Waals surface area contributed by atoms with Crippen LogP contribution in [0.5, 0.6) is 0 Å². The Hall–Kier alpha value is -1.81. The lowest BCUT2D eigenvalue weighted by Gasteiger charge is -2.26. The molecule has 2 heterocycles. The van der Waals surface area contributed by atoms with Gasteiger partial charge in [-0.25, -0.2) is 13.8 Å². The van der Waals surface area contributed by atoms with E-state index < -0.39 is 21.9 Å². The molecular weight excluding hydrogens is 336 g/mol. The summed E-state index contributed by atoms with van der Waals surface area (Å²) in [7, 11) is -2.46. The van der Waals surface area contributed by atoms with Crippen molar-refractivity contribution in [2.75, 3.05) is 17.5 Å². The van der Waals surface area contributed by atoms with Crippen molar-refractivity contribution in [1.82, 2.24) is 14.5 Å². The summed E-state index contributed by atoms with van der Waals surface area (Å²) in [5.41, 5.74) is -0.447. The number of carbonyl (C=O) groups is 1. The van der Waals surface area contributed by atoms with Gasteiger partial charge in [0.2, 0.25) is 0 Å². The van der Waals surface area contributed by atoms with E-state index in [1.54, 1.807) is 34.0 Å². The van der Waals surface area contributed by atoms with Crippen molar-refractivity contribution in [2.45, 2.75) is 45.3 Å². The standard InChI is InChI=1S/C14H24N4O5S/c1-14(2,3)23-13(19)16-24(20,21)18(10-12-6-5-7-22-12)11-8-15-17(4)9-11/h8-9,12H,5-7,10H2,1-4H3,(H,16,19)/t12-/m0/s1. The van der Waals surface area contributed by atoms with Crippen molar-refractivity contribution >= 4 is 22.0 Å². The number of ether oxygens (including phenoxy) is 2. The summed E-state index contributed by atoms with van der Waals surface area (Å²) in [4.78, 5) is 11.9. The minimum atomic E-state index is -4.15. The molecule has 0 radical (unpaired) electrons. The summed E-state index contributed by atoms with van der Waals surface area (Å²) in [6, 6.07) is 0. The zero-order valence-electron chi connectivity index (χ0n) is 14.4. The van der Waals surface area contributed by atoms with Gasteiger partial charge in [-0.2, -0.15) is 13.5 Å². The maximum atomic E-state index is 12.6. The van der Waals surface area contributed by atoms with Crippen LogP contribution in [-0.4, -0.2) is 49.1 Å². The van der Waals surface area contributed by atoms with Gasteiger partial charge in [0.1, 0.15) is 5.60 Å². The highest BCUT2D eigenvalue weighted by Gasteiger charge is 2.31. The van der Waals surface area contributed by atoms with E-state index in [1.807, 2.05) is 4.72 Å². The van der Waals surface area contributed by atoms with Crippen LogP contribution in [0.2, 0.25) is 0 Å². The van der Waals surface area contributed by atoms with Gasteiger partial charge in [0, 0.05) is 19.9 Å². The van der Waals surface area contributed by atoms with Gasteiger partial charge < -0.3 is 9.47 Å². The molecule has 1 aromatic heterocycles. The third-order valence-electron chi connectivity index (χ3n) is 3.27. The van der Waals surface area contributed by atoms with Crippen LogP contribution in [0.4, 0.5) is 10.5 Å². The van der Waals surface area contributed by atoms with E-state index in [2.05, 4.69) is 5.10 Å². The average molecular weight is 360 g/mol. The topological polar surface area (TPSA) is 103 Å². The smallest absolute Gasteiger partial charge is 0.422 e. The maximum Gasteiger partial charge on any atom is 0.422 e. The first-order valence-electron chi connectivity index (χ1n) is 7.70. The number of rotatable bonds is 5. The third kappa shape index (κ3) is 5.10. The number of nitrogens with zero attached hydrogens (tertiary/aromatic N) is 3. The van der Waals surface area contributed by atoms with Crippen LogP contribution in [0.1, 0.15) is 33.6 Å². The average Bonchev–Trinajstić information content (AvgIpc) is 3.03. The molecule has 136 valence electrons. The molecule has 1 fully saturated rings. The summed E-state index contributed by atoms with van der Waals surface area (Å²) in [5, 5.41) is 3.99. The first-order valence-corrected chi connectivity index (χ1v) is 9.14. The van der Waals surface area contributed by atoms with Crippen LogP contribution in [0.25, 0.3) is 0 Å². The number of carbonyl (C=O) groups excluding carboxylic acids is 1. The van der Waals surface area contributed by atoms with E-state index in [4.69, 9.17) is 9.47 Å². The molecule has 1 aromatic rings. The minimum Gasteiger partial charge on any atom is -0.443 e. The summed E-state index contributed by atoms with van der Waals surface area (Å²) < 4.78 is 40.3. The molecular formula is C14H24N4O5S. The van der Waals surface area contributed by atoms with E-state index in [0.29, 0.717) is 12.3 Å². The number of hydrogen-bond donors (Lipinski definition) is 1. The van der Waals surface area contributed by atoms with E-state index in [1.165, 1.54) is 10.9 Å². The minimum absolute atomic E-state index is 0.101. The quantitative estimate of drug-likeness (QED) is 0.846. The van der Waals surface area contributed by atoms with Crippen LogP contribution in [-0.2, 0) is 26.7 Å². The number of nitrogens with one attached hydrogen (secondary N) is 1. The zero-order chi connectivity index (χ0) is 18.0. The Kier molecular flexibility index (Phi) is 5.38. The van der Waals surface area contributed by atoms with E-state index in [-0.39, 0.29) is 12.6 Å². The lowest BCUT2D eigenvalue weighted by atomic mass is 10.2. The number of aryl methyl sites for hydroxylation is 1. The number of anilines is 1. The van der Waals surface area contributed by atoms with Crippen LogP contribution < -0.4 is 9.03 Å². The van der Waals surface area contributed by atoms with Crippen LogP contribution in [0, 0.1) is 0 Å². The van der Waals surface area contributed by atoms with Crippen LogP contribution in [0.3, 0.4) is 0 Å². The highest BCUT2D eigenvalue weighted by molar-refractivity contribution is 7.91. The molecule has 0 spiro atoms. The normalized spacial score (nSPS) is 18.4. The Morgan fingerprint density at radius 2 is 2.25 bits per heavy atom. The van der Waals surface area contributed by atoms with E-state index >= 15 is 0 Å². The summed E-state index contributed by atoms with van der Waals surface area (Å²) in [5.74, 6) is 0. The molecule has 10 heteroatoms. The molecule has 1 saturated heterocycles. The van der Waals surface area contributed by atoms with Gasteiger partial charge in [-0.05, 0) is 33.6 Å². The molecule has 24 heavy (non-hydrogen) atoms. The molecule has 1 aliphatic heterocycles. The van der Waals surface area contributed by atoms with Gasteiger partial charge in [-0.1, -0.05) is 0 Å². The van der Waals surface area contributed by atoms with E-state index in [0.717, 1.165) is 17.1 Å². The molecule has 0 aliphatic carbocycles.